The van der Waals surface area contributed by atoms with Crippen LogP contribution in [0.4, 0.5) is 0 Å². The Labute approximate surface area is 123 Å². The lowest BCUT2D eigenvalue weighted by Crippen LogP contribution is -2.61. The summed E-state index contributed by atoms with van der Waals surface area (Å²) in [5, 5.41) is 9.20. The molecule has 0 saturated heterocycles. The molecule has 0 aromatic rings. The van der Waals surface area contributed by atoms with Crippen molar-refractivity contribution in [3.63, 3.8) is 0 Å². The lowest BCUT2D eigenvalue weighted by atomic mass is 10.0. The first-order valence-electron chi connectivity index (χ1n) is 7.70. The van der Waals surface area contributed by atoms with Crippen LogP contribution in [0.3, 0.4) is 0 Å². The van der Waals surface area contributed by atoms with E-state index in [1.54, 1.807) is 0 Å². The van der Waals surface area contributed by atoms with Gasteiger partial charge in [0.2, 0.25) is 0 Å². The Morgan fingerprint density at radius 1 is 0.900 bits per heavy atom. The topological polar surface area (TPSA) is 75.6 Å². The van der Waals surface area contributed by atoms with Gasteiger partial charge in [0.1, 0.15) is 6.04 Å². The number of aliphatic hydroxyl groups excluding tert-OH is 1. The van der Waals surface area contributed by atoms with Crippen molar-refractivity contribution in [2.24, 2.45) is 5.92 Å². The third-order valence-electron chi connectivity index (χ3n) is 2.86. The first-order valence-corrected chi connectivity index (χ1v) is 7.70. The van der Waals surface area contributed by atoms with Crippen LogP contribution in [0.1, 0.15) is 40.5 Å². The summed E-state index contributed by atoms with van der Waals surface area (Å²) < 4.78 is 16.6. The molecule has 0 spiro atoms. The van der Waals surface area contributed by atoms with Crippen LogP contribution >= 0.6 is 0 Å². The van der Waals surface area contributed by atoms with Crippen molar-refractivity contribution in [1.82, 2.24) is 0 Å². The van der Waals surface area contributed by atoms with E-state index in [9.17, 15) is 5.11 Å². The molecule has 5 heteroatoms. The summed E-state index contributed by atoms with van der Waals surface area (Å²) in [6.45, 7) is 11.2. The molecule has 122 valence electrons. The van der Waals surface area contributed by atoms with Gasteiger partial charge in [-0.1, -0.05) is 6.92 Å². The Balaban J connectivity index is 3.34. The second-order valence-electron chi connectivity index (χ2n) is 5.93. The van der Waals surface area contributed by atoms with Crippen LogP contribution in [0, 0.1) is 5.92 Å². The molecule has 0 aliphatic rings. The zero-order valence-electron chi connectivity index (χ0n) is 13.6. The van der Waals surface area contributed by atoms with Gasteiger partial charge in [-0.3, -0.25) is 0 Å². The van der Waals surface area contributed by atoms with E-state index in [1.807, 2.05) is 20.8 Å². The summed E-state index contributed by atoms with van der Waals surface area (Å²) in [4.78, 5) is 0. The Kier molecular flexibility index (Phi) is 12.4. The molecule has 0 aromatic carbocycles. The minimum Gasteiger partial charge on any atom is -0.393 e. The molecule has 0 heterocycles. The zero-order valence-corrected chi connectivity index (χ0v) is 13.6. The number of quaternary nitrogens is 1. The van der Waals surface area contributed by atoms with Gasteiger partial charge in [-0.25, -0.2) is 0 Å². The molecule has 0 aliphatic carbocycles. The van der Waals surface area contributed by atoms with Crippen LogP contribution in [0.15, 0.2) is 0 Å². The second-order valence-corrected chi connectivity index (χ2v) is 5.93. The highest BCUT2D eigenvalue weighted by Crippen LogP contribution is 2.08. The summed E-state index contributed by atoms with van der Waals surface area (Å²) in [6.07, 6.45) is 1.69. The maximum absolute atomic E-state index is 9.20. The summed E-state index contributed by atoms with van der Waals surface area (Å²) in [5.41, 5.74) is 3.86. The van der Waals surface area contributed by atoms with Gasteiger partial charge in [-0.2, -0.15) is 0 Å². The summed E-state index contributed by atoms with van der Waals surface area (Å²) in [6, 6.07) is 0.314. The zero-order chi connectivity index (χ0) is 15.4. The van der Waals surface area contributed by atoms with Crippen LogP contribution < -0.4 is 5.73 Å². The standard InChI is InChI=1S/C15H33NO4/c1-12(5-6-14(3)17)9-18-7-8-20-15(4)11-19-10-13(2)16/h12-15,17H,5-11,16H2,1-4H3/p+1. The molecule has 0 fully saturated rings. The molecule has 0 bridgehead atoms. The normalized spacial score (nSPS) is 17.7. The number of aliphatic hydroxyl groups is 1. The van der Waals surface area contributed by atoms with Crippen molar-refractivity contribution in [3.8, 4) is 0 Å². The van der Waals surface area contributed by atoms with Crippen molar-refractivity contribution < 1.29 is 25.1 Å². The number of ether oxygens (including phenoxy) is 3. The first-order chi connectivity index (χ1) is 9.41. The van der Waals surface area contributed by atoms with Crippen LogP contribution in [-0.2, 0) is 14.2 Å². The van der Waals surface area contributed by atoms with E-state index in [0.29, 0.717) is 38.4 Å². The maximum atomic E-state index is 9.20. The molecule has 4 unspecified atom stereocenters. The second kappa shape index (κ2) is 12.5. The van der Waals surface area contributed by atoms with E-state index in [-0.39, 0.29) is 12.2 Å². The fourth-order valence-electron chi connectivity index (χ4n) is 1.69. The quantitative estimate of drug-likeness (QED) is 0.494. The van der Waals surface area contributed by atoms with Gasteiger partial charge >= 0.3 is 0 Å². The smallest absolute Gasteiger partial charge is 0.105 e. The van der Waals surface area contributed by atoms with E-state index in [0.717, 1.165) is 19.4 Å². The Hall–Kier alpha value is -0.200. The molecule has 0 radical (unpaired) electrons. The molecule has 0 amide bonds. The predicted octanol–water partition coefficient (Wildman–Crippen LogP) is 0.852. The van der Waals surface area contributed by atoms with Gasteiger partial charge in [0.15, 0.2) is 0 Å². The summed E-state index contributed by atoms with van der Waals surface area (Å²) in [7, 11) is 0. The molecular formula is C15H34NO4+. The van der Waals surface area contributed by atoms with Crippen LogP contribution in [0.25, 0.3) is 0 Å². The number of hydrogen-bond donors (Lipinski definition) is 2. The molecule has 20 heavy (non-hydrogen) atoms. The Morgan fingerprint density at radius 3 is 2.20 bits per heavy atom. The highest BCUT2D eigenvalue weighted by atomic mass is 16.5. The lowest BCUT2D eigenvalue weighted by Gasteiger charge is -2.15. The largest absolute Gasteiger partial charge is 0.393 e. The van der Waals surface area contributed by atoms with Gasteiger partial charge in [0.25, 0.3) is 0 Å². The predicted molar refractivity (Wildman–Crippen MR) is 79.5 cm³/mol. The molecule has 5 nitrogen and oxygen atoms in total. The van der Waals surface area contributed by atoms with Gasteiger partial charge < -0.3 is 25.1 Å². The minimum absolute atomic E-state index is 0.0880. The van der Waals surface area contributed by atoms with Gasteiger partial charge in [-0.15, -0.1) is 0 Å². The van der Waals surface area contributed by atoms with E-state index in [4.69, 9.17) is 14.2 Å². The average molecular weight is 292 g/mol. The molecule has 0 saturated carbocycles. The van der Waals surface area contributed by atoms with Gasteiger partial charge in [0.05, 0.1) is 38.6 Å². The highest BCUT2D eigenvalue weighted by molar-refractivity contribution is 4.55. The van der Waals surface area contributed by atoms with Gasteiger partial charge in [-0.05, 0) is 39.5 Å². The van der Waals surface area contributed by atoms with Crippen molar-refractivity contribution in [1.29, 1.82) is 0 Å². The van der Waals surface area contributed by atoms with Crippen molar-refractivity contribution >= 4 is 0 Å². The lowest BCUT2D eigenvalue weighted by molar-refractivity contribution is -0.421. The van der Waals surface area contributed by atoms with E-state index in [2.05, 4.69) is 12.7 Å². The molecule has 4 atom stereocenters. The maximum Gasteiger partial charge on any atom is 0.105 e. The average Bonchev–Trinajstić information content (AvgIpc) is 2.35. The van der Waals surface area contributed by atoms with Crippen LogP contribution in [-0.4, -0.2) is 56.4 Å². The molecule has 4 N–H and O–H groups in total. The van der Waals surface area contributed by atoms with E-state index < -0.39 is 0 Å². The fourth-order valence-corrected chi connectivity index (χ4v) is 1.69. The first kappa shape index (κ1) is 19.8. The summed E-state index contributed by atoms with van der Waals surface area (Å²) >= 11 is 0. The summed E-state index contributed by atoms with van der Waals surface area (Å²) in [5.74, 6) is 0.476. The van der Waals surface area contributed by atoms with Crippen molar-refractivity contribution in [3.05, 3.63) is 0 Å². The number of hydrogen-bond acceptors (Lipinski definition) is 4. The van der Waals surface area contributed by atoms with E-state index >= 15 is 0 Å². The van der Waals surface area contributed by atoms with Crippen LogP contribution in [0.2, 0.25) is 0 Å². The fraction of sp³-hybridized carbons (Fsp3) is 1.00. The van der Waals surface area contributed by atoms with Crippen molar-refractivity contribution in [2.45, 2.75) is 58.8 Å². The third-order valence-corrected chi connectivity index (χ3v) is 2.86. The van der Waals surface area contributed by atoms with Gasteiger partial charge in [0, 0.05) is 6.61 Å². The minimum atomic E-state index is -0.220. The SMILES string of the molecule is CC([NH3+])COCC(C)OCCOCC(C)CCC(C)O. The monoisotopic (exact) mass is 292 g/mol. The molecule has 0 aromatic heterocycles. The van der Waals surface area contributed by atoms with Crippen molar-refractivity contribution in [2.75, 3.05) is 33.0 Å². The molecular weight excluding hydrogens is 258 g/mol. The molecule has 0 rings (SSSR count). The Morgan fingerprint density at radius 2 is 1.60 bits per heavy atom. The number of rotatable bonds is 13. The van der Waals surface area contributed by atoms with Crippen LogP contribution in [0.5, 0.6) is 0 Å². The molecule has 0 aliphatic heterocycles. The highest BCUT2D eigenvalue weighted by Gasteiger charge is 2.06. The Bertz CT molecular complexity index is 212. The third kappa shape index (κ3) is 14.2. The van der Waals surface area contributed by atoms with E-state index in [1.165, 1.54) is 0 Å².